The van der Waals surface area contributed by atoms with Crippen LogP contribution in [-0.2, 0) is 16.1 Å². The zero-order valence-corrected chi connectivity index (χ0v) is 17.6. The number of hydrogen-bond donors (Lipinski definition) is 1. The van der Waals surface area contributed by atoms with Gasteiger partial charge in [-0.1, -0.05) is 12.1 Å². The molecule has 1 saturated heterocycles. The molecule has 0 radical (unpaired) electrons. The molecule has 2 aliphatic heterocycles. The summed E-state index contributed by atoms with van der Waals surface area (Å²) in [7, 11) is 0. The molecule has 0 bridgehead atoms. The van der Waals surface area contributed by atoms with Crippen LogP contribution in [0.15, 0.2) is 54.7 Å². The number of nitrogens with one attached hydrogen (secondary N) is 1. The highest BCUT2D eigenvalue weighted by atomic mass is 16.6. The molecule has 2 unspecified atom stereocenters. The second-order valence-electron chi connectivity index (χ2n) is 8.03. The molecule has 5 rings (SSSR count). The molecule has 1 N–H and O–H groups in total. The zero-order valence-electron chi connectivity index (χ0n) is 17.6. The van der Waals surface area contributed by atoms with Crippen molar-refractivity contribution in [3.8, 4) is 11.5 Å². The minimum Gasteiger partial charge on any atom is -0.482 e. The van der Waals surface area contributed by atoms with Crippen molar-refractivity contribution in [2.24, 2.45) is 0 Å². The summed E-state index contributed by atoms with van der Waals surface area (Å²) in [5, 5.41) is 4.08. The van der Waals surface area contributed by atoms with Crippen LogP contribution in [0.1, 0.15) is 6.92 Å². The van der Waals surface area contributed by atoms with Crippen LogP contribution >= 0.6 is 0 Å². The van der Waals surface area contributed by atoms with E-state index in [4.69, 9.17) is 14.2 Å². The topological polar surface area (TPSA) is 65.0 Å². The Morgan fingerprint density at radius 1 is 1.03 bits per heavy atom. The van der Waals surface area contributed by atoms with Crippen molar-refractivity contribution in [1.29, 1.82) is 0 Å². The minimum absolute atomic E-state index is 0.215. The molecule has 0 saturated carbocycles. The first kappa shape index (κ1) is 19.9. The molecule has 162 valence electrons. The lowest BCUT2D eigenvalue weighted by Gasteiger charge is -2.31. The number of hydrogen-bond acceptors (Lipinski definition) is 5. The van der Waals surface area contributed by atoms with Gasteiger partial charge in [0.25, 0.3) is 5.91 Å². The second-order valence-corrected chi connectivity index (χ2v) is 8.03. The zero-order chi connectivity index (χ0) is 21.2. The van der Waals surface area contributed by atoms with Gasteiger partial charge < -0.3 is 24.1 Å². The van der Waals surface area contributed by atoms with Gasteiger partial charge in [-0.2, -0.15) is 0 Å². The van der Waals surface area contributed by atoms with E-state index in [-0.39, 0.29) is 12.0 Å². The predicted octanol–water partition coefficient (Wildman–Crippen LogP) is 3.14. The third-order valence-electron chi connectivity index (χ3n) is 5.90. The van der Waals surface area contributed by atoms with E-state index in [1.54, 1.807) is 0 Å². The molecular weight excluding hydrogens is 394 g/mol. The largest absolute Gasteiger partial charge is 0.482 e. The molecule has 1 aromatic heterocycles. The van der Waals surface area contributed by atoms with E-state index in [1.165, 1.54) is 0 Å². The third kappa shape index (κ3) is 4.24. The summed E-state index contributed by atoms with van der Waals surface area (Å²) < 4.78 is 19.4. The Kier molecular flexibility index (Phi) is 5.53. The standard InChI is InChI=1S/C24H27N3O4/c1-17-23(31-22-5-3-2-4-21(22)30-17)24(28)25-19-6-7-20-18(16-19)8-9-27(20)11-10-26-12-14-29-15-13-26/h2-9,16-17,23H,10-15H2,1H3,(H,25,28). The first-order valence-electron chi connectivity index (χ1n) is 10.8. The molecule has 1 amide bonds. The summed E-state index contributed by atoms with van der Waals surface area (Å²) in [6, 6.07) is 15.5. The fraction of sp³-hybridized carbons (Fsp3) is 0.375. The van der Waals surface area contributed by atoms with Gasteiger partial charge >= 0.3 is 0 Å². The van der Waals surface area contributed by atoms with E-state index in [0.717, 1.165) is 56.0 Å². The molecule has 1 fully saturated rings. The maximum absolute atomic E-state index is 12.9. The number of ether oxygens (including phenoxy) is 3. The average molecular weight is 421 g/mol. The van der Waals surface area contributed by atoms with Crippen LogP contribution in [0.4, 0.5) is 5.69 Å². The van der Waals surface area contributed by atoms with Gasteiger partial charge in [0.05, 0.1) is 13.2 Å². The normalized spacial score (nSPS) is 21.2. The predicted molar refractivity (Wildman–Crippen MR) is 119 cm³/mol. The Labute approximate surface area is 181 Å². The van der Waals surface area contributed by atoms with Crippen molar-refractivity contribution in [3.63, 3.8) is 0 Å². The molecule has 3 aromatic rings. The third-order valence-corrected chi connectivity index (χ3v) is 5.90. The van der Waals surface area contributed by atoms with Crippen LogP contribution in [0, 0.1) is 0 Å². The van der Waals surface area contributed by atoms with Crippen molar-refractivity contribution >= 4 is 22.5 Å². The van der Waals surface area contributed by atoms with Crippen LogP contribution in [0.2, 0.25) is 0 Å². The van der Waals surface area contributed by atoms with Crippen molar-refractivity contribution in [2.45, 2.75) is 25.7 Å². The van der Waals surface area contributed by atoms with Gasteiger partial charge in [-0.25, -0.2) is 0 Å². The van der Waals surface area contributed by atoms with Crippen molar-refractivity contribution < 1.29 is 19.0 Å². The van der Waals surface area contributed by atoms with Gasteiger partial charge in [0.2, 0.25) is 6.10 Å². The number of benzene rings is 2. The molecular formula is C24H27N3O4. The Morgan fingerprint density at radius 3 is 2.61 bits per heavy atom. The highest BCUT2D eigenvalue weighted by molar-refractivity contribution is 5.97. The van der Waals surface area contributed by atoms with Gasteiger partial charge in [0.15, 0.2) is 11.5 Å². The molecule has 2 aromatic carbocycles. The van der Waals surface area contributed by atoms with Crippen LogP contribution < -0.4 is 14.8 Å². The number of carbonyl (C=O) groups is 1. The Morgan fingerprint density at radius 2 is 1.81 bits per heavy atom. The van der Waals surface area contributed by atoms with E-state index in [1.807, 2.05) is 43.3 Å². The van der Waals surface area contributed by atoms with Gasteiger partial charge in [0, 0.05) is 49.0 Å². The monoisotopic (exact) mass is 421 g/mol. The Bertz CT molecular complexity index is 1070. The van der Waals surface area contributed by atoms with E-state index in [2.05, 4.69) is 33.1 Å². The van der Waals surface area contributed by atoms with Gasteiger partial charge in [-0.15, -0.1) is 0 Å². The summed E-state index contributed by atoms with van der Waals surface area (Å²) in [6.45, 7) is 7.39. The number of anilines is 1. The lowest BCUT2D eigenvalue weighted by molar-refractivity contribution is -0.128. The Balaban J connectivity index is 1.25. The fourth-order valence-corrected chi connectivity index (χ4v) is 4.17. The maximum Gasteiger partial charge on any atom is 0.269 e. The fourth-order valence-electron chi connectivity index (χ4n) is 4.17. The van der Waals surface area contributed by atoms with Crippen LogP contribution in [0.25, 0.3) is 10.9 Å². The quantitative estimate of drug-likeness (QED) is 0.686. The molecule has 7 heteroatoms. The van der Waals surface area contributed by atoms with Gasteiger partial charge in [0.1, 0.15) is 6.10 Å². The second kappa shape index (κ2) is 8.61. The first-order valence-corrected chi connectivity index (χ1v) is 10.8. The number of morpholine rings is 1. The summed E-state index contributed by atoms with van der Waals surface area (Å²) in [5.74, 6) is 1.04. The lowest BCUT2D eigenvalue weighted by Crippen LogP contribution is -2.46. The van der Waals surface area contributed by atoms with Crippen LogP contribution in [0.3, 0.4) is 0 Å². The minimum atomic E-state index is -0.705. The van der Waals surface area contributed by atoms with E-state index < -0.39 is 6.10 Å². The average Bonchev–Trinajstić information content (AvgIpc) is 3.20. The summed E-state index contributed by atoms with van der Waals surface area (Å²) >= 11 is 0. The van der Waals surface area contributed by atoms with Crippen molar-refractivity contribution in [2.75, 3.05) is 38.2 Å². The molecule has 0 aliphatic carbocycles. The number of fused-ring (bicyclic) bond motifs is 2. The number of nitrogens with zero attached hydrogens (tertiary/aromatic N) is 2. The molecule has 2 aliphatic rings. The highest BCUT2D eigenvalue weighted by Gasteiger charge is 2.34. The molecule has 3 heterocycles. The number of para-hydroxylation sites is 2. The summed E-state index contributed by atoms with van der Waals surface area (Å²) in [4.78, 5) is 15.3. The molecule has 0 spiro atoms. The van der Waals surface area contributed by atoms with Gasteiger partial charge in [-0.05, 0) is 43.3 Å². The number of carbonyl (C=O) groups excluding carboxylic acids is 1. The lowest BCUT2D eigenvalue weighted by atomic mass is 10.1. The van der Waals surface area contributed by atoms with Gasteiger partial charge in [-0.3, -0.25) is 9.69 Å². The van der Waals surface area contributed by atoms with Crippen LogP contribution in [-0.4, -0.2) is 60.4 Å². The summed E-state index contributed by atoms with van der Waals surface area (Å²) in [6.07, 6.45) is 1.02. The number of aromatic nitrogens is 1. The molecule has 7 nitrogen and oxygen atoms in total. The Hall–Kier alpha value is -3.03. The number of amides is 1. The van der Waals surface area contributed by atoms with E-state index >= 15 is 0 Å². The van der Waals surface area contributed by atoms with E-state index in [0.29, 0.717) is 11.5 Å². The van der Waals surface area contributed by atoms with E-state index in [9.17, 15) is 4.79 Å². The molecule has 2 atom stereocenters. The smallest absolute Gasteiger partial charge is 0.269 e. The van der Waals surface area contributed by atoms with Crippen molar-refractivity contribution in [1.82, 2.24) is 9.47 Å². The number of rotatable bonds is 5. The van der Waals surface area contributed by atoms with Crippen LogP contribution in [0.5, 0.6) is 11.5 Å². The maximum atomic E-state index is 12.9. The van der Waals surface area contributed by atoms with Crippen molar-refractivity contribution in [3.05, 3.63) is 54.7 Å². The SMILES string of the molecule is CC1Oc2ccccc2OC1C(=O)Nc1ccc2c(ccn2CCN2CCOCC2)c1. The first-order chi connectivity index (χ1) is 15.2. The summed E-state index contributed by atoms with van der Waals surface area (Å²) in [5.41, 5.74) is 1.91. The molecule has 31 heavy (non-hydrogen) atoms. The highest BCUT2D eigenvalue weighted by Crippen LogP contribution is 2.33.